The second kappa shape index (κ2) is 9.62. The van der Waals surface area contributed by atoms with E-state index in [1.165, 1.54) is 25.7 Å². The van der Waals surface area contributed by atoms with Crippen LogP contribution in [0.2, 0.25) is 0 Å². The summed E-state index contributed by atoms with van der Waals surface area (Å²) in [5, 5.41) is 17.7. The Morgan fingerprint density at radius 1 is 0.962 bits per heavy atom. The quantitative estimate of drug-likeness (QED) is 0.685. The molecule has 0 atom stereocenters. The van der Waals surface area contributed by atoms with Crippen molar-refractivity contribution in [2.45, 2.75) is 25.7 Å². The van der Waals surface area contributed by atoms with Crippen molar-refractivity contribution in [3.8, 4) is 11.5 Å². The fourth-order valence-corrected chi connectivity index (χ4v) is 2.67. The monoisotopic (exact) mass is 366 g/mol. The first kappa shape index (κ1) is 19.5. The number of carbonyl (C=O) groups is 3. The van der Waals surface area contributed by atoms with E-state index in [2.05, 4.69) is 10.2 Å². The van der Waals surface area contributed by atoms with E-state index in [4.69, 9.17) is 29.3 Å². The first-order chi connectivity index (χ1) is 12.5. The van der Waals surface area contributed by atoms with Gasteiger partial charge in [-0.3, -0.25) is 9.69 Å². The Kier molecular flexibility index (Phi) is 7.22. The lowest BCUT2D eigenvalue weighted by atomic mass is 10.2. The third kappa shape index (κ3) is 6.25. The number of rotatable bonds is 3. The first-order valence-electron chi connectivity index (χ1n) is 8.34. The van der Waals surface area contributed by atoms with Gasteiger partial charge in [0.05, 0.1) is 6.54 Å². The smallest absolute Gasteiger partial charge is 0.414 e. The van der Waals surface area contributed by atoms with Crippen LogP contribution >= 0.6 is 0 Å². The lowest BCUT2D eigenvalue weighted by Crippen LogP contribution is -2.33. The highest BCUT2D eigenvalue weighted by molar-refractivity contribution is 6.27. The van der Waals surface area contributed by atoms with Crippen molar-refractivity contribution in [1.29, 1.82) is 0 Å². The Labute approximate surface area is 150 Å². The van der Waals surface area contributed by atoms with Crippen LogP contribution in [0.25, 0.3) is 0 Å². The fourth-order valence-electron chi connectivity index (χ4n) is 2.67. The molecule has 1 fully saturated rings. The number of fused-ring (bicyclic) bond motifs is 1. The highest BCUT2D eigenvalue weighted by Gasteiger charge is 2.16. The molecule has 0 aromatic heterocycles. The number of nitrogens with zero attached hydrogens (tertiary/aromatic N) is 1. The number of nitrogens with one attached hydrogen (secondary N) is 1. The van der Waals surface area contributed by atoms with Crippen molar-refractivity contribution in [3.63, 3.8) is 0 Å². The highest BCUT2D eigenvalue weighted by atomic mass is 16.7. The van der Waals surface area contributed by atoms with Gasteiger partial charge in [-0.05, 0) is 38.1 Å². The van der Waals surface area contributed by atoms with Crippen LogP contribution in [-0.2, 0) is 14.4 Å². The fraction of sp³-hybridized carbons (Fsp3) is 0.471. The van der Waals surface area contributed by atoms with Gasteiger partial charge in [-0.15, -0.1) is 0 Å². The summed E-state index contributed by atoms with van der Waals surface area (Å²) < 4.78 is 10.6. The number of benzene rings is 1. The van der Waals surface area contributed by atoms with E-state index in [1.54, 1.807) is 0 Å². The third-order valence-electron chi connectivity index (χ3n) is 3.91. The first-order valence-corrected chi connectivity index (χ1v) is 8.34. The number of aliphatic carboxylic acids is 2. The Morgan fingerprint density at radius 2 is 1.58 bits per heavy atom. The Hall–Kier alpha value is -2.81. The number of hydrogen-bond acceptors (Lipinski definition) is 6. The van der Waals surface area contributed by atoms with Crippen LogP contribution in [0.3, 0.4) is 0 Å². The number of ether oxygens (including phenoxy) is 2. The van der Waals surface area contributed by atoms with Crippen LogP contribution < -0.4 is 14.8 Å². The van der Waals surface area contributed by atoms with Gasteiger partial charge in [-0.2, -0.15) is 0 Å². The summed E-state index contributed by atoms with van der Waals surface area (Å²) in [4.78, 5) is 32.5. The second-order valence-electron chi connectivity index (χ2n) is 5.92. The summed E-state index contributed by atoms with van der Waals surface area (Å²) in [6, 6.07) is 5.47. The van der Waals surface area contributed by atoms with Gasteiger partial charge >= 0.3 is 11.9 Å². The van der Waals surface area contributed by atoms with Gasteiger partial charge in [-0.1, -0.05) is 12.8 Å². The highest BCUT2D eigenvalue weighted by Crippen LogP contribution is 2.34. The number of anilines is 1. The van der Waals surface area contributed by atoms with Gasteiger partial charge in [0, 0.05) is 11.8 Å². The van der Waals surface area contributed by atoms with Crippen LogP contribution in [-0.4, -0.2) is 59.4 Å². The van der Waals surface area contributed by atoms with E-state index in [-0.39, 0.29) is 12.7 Å². The molecule has 3 rings (SSSR count). The number of carboxylic acids is 2. The van der Waals surface area contributed by atoms with Crippen molar-refractivity contribution in [1.82, 2.24) is 4.90 Å². The van der Waals surface area contributed by atoms with Gasteiger partial charge in [0.25, 0.3) is 0 Å². The molecule has 9 heteroatoms. The number of hydrogen-bond donors (Lipinski definition) is 3. The topological polar surface area (TPSA) is 125 Å². The maximum atomic E-state index is 12.1. The Balaban J connectivity index is 0.000000352. The number of amides is 1. The number of carboxylic acid groups (broad SMARTS) is 2. The normalized spacial score (nSPS) is 16.0. The largest absolute Gasteiger partial charge is 0.473 e. The molecule has 2 aliphatic heterocycles. The molecule has 2 aliphatic rings. The summed E-state index contributed by atoms with van der Waals surface area (Å²) in [5.41, 5.74) is 0.758. The maximum Gasteiger partial charge on any atom is 0.414 e. The lowest BCUT2D eigenvalue weighted by molar-refractivity contribution is -0.159. The van der Waals surface area contributed by atoms with E-state index in [1.807, 2.05) is 18.2 Å². The maximum absolute atomic E-state index is 12.1. The second-order valence-corrected chi connectivity index (χ2v) is 5.92. The summed E-state index contributed by atoms with van der Waals surface area (Å²) in [7, 11) is 0. The predicted molar refractivity (Wildman–Crippen MR) is 91.4 cm³/mol. The van der Waals surface area contributed by atoms with Crippen LogP contribution in [0, 0.1) is 0 Å². The third-order valence-corrected chi connectivity index (χ3v) is 3.91. The van der Waals surface area contributed by atoms with E-state index in [0.29, 0.717) is 12.3 Å². The standard InChI is InChI=1S/C15H20N2O3.C2H2O4/c18-15(10-17-7-3-1-2-4-8-17)16-12-5-6-13-14(9-12)20-11-19-13;3-1(4)2(5)6/h5-6,9H,1-4,7-8,10-11H2,(H,16,18);(H,3,4)(H,5,6). The molecule has 0 bridgehead atoms. The molecular weight excluding hydrogens is 344 g/mol. The zero-order chi connectivity index (χ0) is 18.9. The minimum absolute atomic E-state index is 0.0331. The Bertz CT molecular complexity index is 643. The zero-order valence-corrected chi connectivity index (χ0v) is 14.3. The Morgan fingerprint density at radius 3 is 2.19 bits per heavy atom. The van der Waals surface area contributed by atoms with E-state index >= 15 is 0 Å². The van der Waals surface area contributed by atoms with Crippen LogP contribution in [0.5, 0.6) is 11.5 Å². The molecule has 1 amide bonds. The zero-order valence-electron chi connectivity index (χ0n) is 14.3. The predicted octanol–water partition coefficient (Wildman–Crippen LogP) is 1.39. The van der Waals surface area contributed by atoms with Crippen molar-refractivity contribution >= 4 is 23.5 Å². The molecule has 0 radical (unpaired) electrons. The summed E-state index contributed by atoms with van der Waals surface area (Å²) in [5.74, 6) is -2.19. The van der Waals surface area contributed by atoms with Crippen LogP contribution in [0.15, 0.2) is 18.2 Å². The minimum Gasteiger partial charge on any atom is -0.473 e. The van der Waals surface area contributed by atoms with Gasteiger partial charge in [0.15, 0.2) is 11.5 Å². The van der Waals surface area contributed by atoms with Gasteiger partial charge in [0.1, 0.15) is 0 Å². The molecule has 1 aromatic carbocycles. The molecule has 142 valence electrons. The van der Waals surface area contributed by atoms with Crippen molar-refractivity contribution in [2.75, 3.05) is 31.7 Å². The van der Waals surface area contributed by atoms with Gasteiger partial charge in [-0.25, -0.2) is 9.59 Å². The SMILES string of the molecule is O=C(CN1CCCCCC1)Nc1ccc2c(c1)OCO2.O=C(O)C(=O)O. The minimum atomic E-state index is -1.82. The van der Waals surface area contributed by atoms with Gasteiger partial charge < -0.3 is 25.0 Å². The number of carbonyl (C=O) groups excluding carboxylic acids is 1. The average molecular weight is 366 g/mol. The molecule has 1 aromatic rings. The van der Waals surface area contributed by atoms with Crippen molar-refractivity contribution in [3.05, 3.63) is 18.2 Å². The molecule has 0 aliphatic carbocycles. The summed E-state index contributed by atoms with van der Waals surface area (Å²) in [6.45, 7) is 2.76. The molecule has 26 heavy (non-hydrogen) atoms. The van der Waals surface area contributed by atoms with Gasteiger partial charge in [0.2, 0.25) is 12.7 Å². The van der Waals surface area contributed by atoms with Crippen LogP contribution in [0.4, 0.5) is 5.69 Å². The molecular formula is C17H22N2O7. The molecule has 0 spiro atoms. The van der Waals surface area contributed by atoms with E-state index in [9.17, 15) is 4.79 Å². The molecule has 0 saturated carbocycles. The molecule has 2 heterocycles. The number of likely N-dealkylation sites (tertiary alicyclic amines) is 1. The average Bonchev–Trinajstić information content (AvgIpc) is 2.91. The van der Waals surface area contributed by atoms with Crippen molar-refractivity contribution < 1.29 is 34.1 Å². The summed E-state index contributed by atoms with van der Waals surface area (Å²) >= 11 is 0. The molecule has 3 N–H and O–H groups in total. The van der Waals surface area contributed by atoms with E-state index in [0.717, 1.165) is 24.5 Å². The molecule has 9 nitrogen and oxygen atoms in total. The molecule has 1 saturated heterocycles. The van der Waals surface area contributed by atoms with E-state index < -0.39 is 11.9 Å². The molecule has 0 unspecified atom stereocenters. The summed E-state index contributed by atoms with van der Waals surface area (Å²) in [6.07, 6.45) is 4.94. The van der Waals surface area contributed by atoms with Crippen molar-refractivity contribution in [2.24, 2.45) is 0 Å². The van der Waals surface area contributed by atoms with Crippen LogP contribution in [0.1, 0.15) is 25.7 Å². The lowest BCUT2D eigenvalue weighted by Gasteiger charge is -2.19.